The van der Waals surface area contributed by atoms with E-state index in [0.717, 1.165) is 65.2 Å². The maximum Gasteiger partial charge on any atom is 0.236 e. The summed E-state index contributed by atoms with van der Waals surface area (Å²) in [6, 6.07) is 44.0. The Labute approximate surface area is 350 Å². The molecule has 0 spiro atoms. The Morgan fingerprint density at radius 1 is 0.557 bits per heavy atom. The first-order valence-corrected chi connectivity index (χ1v) is 20.2. The maximum absolute atomic E-state index is 9.85. The quantitative estimate of drug-likeness (QED) is 0.181. The monoisotopic (exact) mass is 802 g/mol. The lowest BCUT2D eigenvalue weighted by Gasteiger charge is -2.22. The number of rotatable bonds is 3. The Hall–Kier alpha value is -8.43. The van der Waals surface area contributed by atoms with Gasteiger partial charge in [0.25, 0.3) is 0 Å². The summed E-state index contributed by atoms with van der Waals surface area (Å²) >= 11 is 1.51. The van der Waals surface area contributed by atoms with Crippen molar-refractivity contribution in [3.05, 3.63) is 138 Å². The van der Waals surface area contributed by atoms with Crippen LogP contribution in [0.2, 0.25) is 0 Å². The molecular weight excluding hydrogens is 777 g/mol. The van der Waals surface area contributed by atoms with E-state index in [-0.39, 0.29) is 28.5 Å². The van der Waals surface area contributed by atoms with Crippen molar-refractivity contribution in [3.63, 3.8) is 0 Å². The van der Waals surface area contributed by atoms with Crippen LogP contribution in [0.15, 0.2) is 118 Å². The topological polar surface area (TPSA) is 175 Å². The smallest absolute Gasteiger partial charge is 0.236 e. The fraction of sp³-hybridized carbons (Fsp3) is 0.0600. The standard InChI is InChI=1S/C50H26N8O2S/c1-50(2)36-18-25(24-12-16-40-35(17-24)44-47(54)56-42(23-53)58-49(44)61-40)9-13-28(36)29-14-10-26(19-37(29)50)27-11-15-30-31-5-3-6-32(45(31)59-39(30)20-27)33-7-4-8-34-43-38(21-51)55-41(22-52)57-48(43)60-46(33)34/h3-20H,1-2H3,(H2,54,56,58). The maximum atomic E-state index is 9.85. The van der Waals surface area contributed by atoms with E-state index < -0.39 is 0 Å². The third-order valence-corrected chi connectivity index (χ3v) is 13.2. The number of benzene rings is 6. The van der Waals surface area contributed by atoms with E-state index in [1.54, 1.807) is 0 Å². The number of nitrogen functional groups attached to an aromatic ring is 1. The number of furan rings is 2. The Kier molecular flexibility index (Phi) is 6.97. The molecule has 284 valence electrons. The van der Waals surface area contributed by atoms with E-state index in [4.69, 9.17) is 14.6 Å². The highest BCUT2D eigenvalue weighted by atomic mass is 32.1. The van der Waals surface area contributed by atoms with Gasteiger partial charge in [-0.25, -0.2) is 15.0 Å². The van der Waals surface area contributed by atoms with Gasteiger partial charge < -0.3 is 14.6 Å². The van der Waals surface area contributed by atoms with Crippen molar-refractivity contribution in [3.8, 4) is 62.7 Å². The SMILES string of the molecule is CC1(C)c2cc(-c3ccc4c(c3)oc3c(-c5cccc6c5oc5nc(C#N)nc(C#N)c56)cccc34)ccc2-c2ccc(-c3ccc4sc5nc(C#N)nc(N)c5c4c3)cc21. The lowest BCUT2D eigenvalue weighted by atomic mass is 9.81. The van der Waals surface area contributed by atoms with Gasteiger partial charge in [-0.1, -0.05) is 86.6 Å². The van der Waals surface area contributed by atoms with Crippen LogP contribution in [-0.4, -0.2) is 19.9 Å². The van der Waals surface area contributed by atoms with Gasteiger partial charge in [0.1, 0.15) is 45.6 Å². The van der Waals surface area contributed by atoms with Crippen LogP contribution in [0.4, 0.5) is 5.82 Å². The van der Waals surface area contributed by atoms with Crippen LogP contribution >= 0.6 is 11.3 Å². The Morgan fingerprint density at radius 2 is 1.18 bits per heavy atom. The van der Waals surface area contributed by atoms with Gasteiger partial charge in [-0.2, -0.15) is 20.8 Å². The summed E-state index contributed by atoms with van der Waals surface area (Å²) in [6.07, 6.45) is 0. The van der Waals surface area contributed by atoms with E-state index in [9.17, 15) is 15.8 Å². The third-order valence-electron chi connectivity index (χ3n) is 12.2. The molecule has 0 bridgehead atoms. The number of thiophene rings is 1. The zero-order chi connectivity index (χ0) is 41.3. The van der Waals surface area contributed by atoms with Gasteiger partial charge in [-0.15, -0.1) is 11.3 Å². The second kappa shape index (κ2) is 12.3. The summed E-state index contributed by atoms with van der Waals surface area (Å²) in [5.41, 5.74) is 19.2. The first-order valence-electron chi connectivity index (χ1n) is 19.4. The molecule has 0 unspecified atom stereocenters. The molecule has 10 nitrogen and oxygen atoms in total. The summed E-state index contributed by atoms with van der Waals surface area (Å²) in [6.45, 7) is 4.57. The molecule has 11 heteroatoms. The first-order chi connectivity index (χ1) is 29.7. The molecule has 11 aromatic rings. The minimum absolute atomic E-state index is 0.0751. The van der Waals surface area contributed by atoms with Gasteiger partial charge in [0.15, 0.2) is 5.69 Å². The number of anilines is 1. The number of aromatic nitrogens is 4. The molecule has 0 radical (unpaired) electrons. The van der Waals surface area contributed by atoms with Crippen LogP contribution in [0, 0.1) is 34.0 Å². The van der Waals surface area contributed by atoms with E-state index in [1.165, 1.54) is 33.6 Å². The first kappa shape index (κ1) is 34.6. The normalized spacial score (nSPS) is 12.9. The molecule has 0 amide bonds. The van der Waals surface area contributed by atoms with Crippen LogP contribution in [0.5, 0.6) is 0 Å². The van der Waals surface area contributed by atoms with Crippen molar-refractivity contribution in [2.75, 3.05) is 5.73 Å². The molecule has 6 aromatic carbocycles. The van der Waals surface area contributed by atoms with E-state index >= 15 is 0 Å². The van der Waals surface area contributed by atoms with E-state index in [0.29, 0.717) is 32.6 Å². The second-order valence-electron chi connectivity index (χ2n) is 15.8. The Morgan fingerprint density at radius 3 is 1.89 bits per heavy atom. The summed E-state index contributed by atoms with van der Waals surface area (Å²) in [7, 11) is 0. The summed E-state index contributed by atoms with van der Waals surface area (Å²) in [4.78, 5) is 17.7. The molecule has 2 N–H and O–H groups in total. The zero-order valence-electron chi connectivity index (χ0n) is 32.3. The summed E-state index contributed by atoms with van der Waals surface area (Å²) in [5, 5.41) is 33.6. The molecule has 0 saturated carbocycles. The molecule has 0 aliphatic heterocycles. The zero-order valence-corrected chi connectivity index (χ0v) is 33.1. The van der Waals surface area contributed by atoms with Crippen molar-refractivity contribution in [2.45, 2.75) is 19.3 Å². The Bertz CT molecular complexity index is 3930. The molecule has 5 aromatic heterocycles. The highest BCUT2D eigenvalue weighted by Crippen LogP contribution is 2.51. The Balaban J connectivity index is 0.919. The number of fused-ring (bicyclic) bond motifs is 12. The molecule has 5 heterocycles. The van der Waals surface area contributed by atoms with Crippen molar-refractivity contribution >= 4 is 81.5 Å². The summed E-state index contributed by atoms with van der Waals surface area (Å²) < 4.78 is 14.0. The van der Waals surface area contributed by atoms with Crippen LogP contribution < -0.4 is 5.73 Å². The minimum atomic E-state index is -0.270. The highest BCUT2D eigenvalue weighted by molar-refractivity contribution is 7.25. The average Bonchev–Trinajstić information content (AvgIpc) is 4.03. The summed E-state index contributed by atoms with van der Waals surface area (Å²) in [5.74, 6) is 0.271. The van der Waals surface area contributed by atoms with Gasteiger partial charge in [-0.05, 0) is 80.9 Å². The highest BCUT2D eigenvalue weighted by Gasteiger charge is 2.36. The lowest BCUT2D eigenvalue weighted by Crippen LogP contribution is -2.15. The van der Waals surface area contributed by atoms with E-state index in [2.05, 4.69) is 119 Å². The molecular formula is C50H26N8O2S. The van der Waals surface area contributed by atoms with Gasteiger partial charge in [0.05, 0.1) is 10.8 Å². The van der Waals surface area contributed by atoms with Crippen LogP contribution in [0.3, 0.4) is 0 Å². The molecule has 12 rings (SSSR count). The predicted molar refractivity (Wildman–Crippen MR) is 237 cm³/mol. The lowest BCUT2D eigenvalue weighted by molar-refractivity contribution is 0.651. The largest absolute Gasteiger partial charge is 0.455 e. The van der Waals surface area contributed by atoms with Crippen molar-refractivity contribution in [1.29, 1.82) is 15.8 Å². The molecule has 0 saturated heterocycles. The van der Waals surface area contributed by atoms with Crippen molar-refractivity contribution < 1.29 is 8.83 Å². The molecule has 1 aliphatic carbocycles. The number of nitrogens with two attached hydrogens (primary N) is 1. The molecule has 0 atom stereocenters. The molecule has 1 aliphatic rings. The average molecular weight is 803 g/mol. The van der Waals surface area contributed by atoms with E-state index in [1.807, 2.05) is 42.5 Å². The number of para-hydroxylation sites is 2. The van der Waals surface area contributed by atoms with Gasteiger partial charge in [0, 0.05) is 42.8 Å². The van der Waals surface area contributed by atoms with Gasteiger partial charge in [-0.3, -0.25) is 0 Å². The second-order valence-corrected chi connectivity index (χ2v) is 16.8. The number of hydrogen-bond donors (Lipinski definition) is 1. The fourth-order valence-corrected chi connectivity index (χ4v) is 10.3. The number of hydrogen-bond acceptors (Lipinski definition) is 11. The number of nitrogens with zero attached hydrogens (tertiary/aromatic N) is 7. The van der Waals surface area contributed by atoms with Gasteiger partial charge in [0.2, 0.25) is 17.4 Å². The van der Waals surface area contributed by atoms with Crippen molar-refractivity contribution in [1.82, 2.24) is 19.9 Å². The van der Waals surface area contributed by atoms with Crippen molar-refractivity contribution in [2.24, 2.45) is 0 Å². The third kappa shape index (κ3) is 4.85. The van der Waals surface area contributed by atoms with Crippen LogP contribution in [-0.2, 0) is 5.41 Å². The van der Waals surface area contributed by atoms with Gasteiger partial charge >= 0.3 is 0 Å². The number of nitriles is 3. The van der Waals surface area contributed by atoms with Crippen LogP contribution in [0.1, 0.15) is 42.3 Å². The fourth-order valence-electron chi connectivity index (χ4n) is 9.26. The van der Waals surface area contributed by atoms with Crippen LogP contribution in [0.25, 0.3) is 109 Å². The minimum Gasteiger partial charge on any atom is -0.455 e. The predicted octanol–water partition coefficient (Wildman–Crippen LogP) is 11.9. The molecule has 61 heavy (non-hydrogen) atoms. The molecule has 0 fully saturated rings.